The lowest BCUT2D eigenvalue weighted by Gasteiger charge is -2.49. The molecule has 1 fully saturated rings. The van der Waals surface area contributed by atoms with E-state index < -0.39 is 28.1 Å². The van der Waals surface area contributed by atoms with Crippen molar-refractivity contribution < 1.29 is 23.2 Å². The Morgan fingerprint density at radius 3 is 1.72 bits per heavy atom. The lowest BCUT2D eigenvalue weighted by atomic mass is 9.66. The van der Waals surface area contributed by atoms with Crippen molar-refractivity contribution >= 4 is 28.6 Å². The topological polar surface area (TPSA) is 65.1 Å². The molecule has 2 aliphatic rings. The van der Waals surface area contributed by atoms with Crippen LogP contribution in [0.4, 0.5) is 4.79 Å². The van der Waals surface area contributed by atoms with Crippen LogP contribution in [0.1, 0.15) is 110 Å². The fourth-order valence-electron chi connectivity index (χ4n) is 8.21. The largest absolute Gasteiger partial charge is 0.546 e. The minimum absolute atomic E-state index is 0.126. The lowest BCUT2D eigenvalue weighted by molar-refractivity contribution is -0.135. The third-order valence-electron chi connectivity index (χ3n) is 10.2. The summed E-state index contributed by atoms with van der Waals surface area (Å²) in [6, 6.07) is 0. The number of rotatable bonds is 12. The number of nitrogens with zero attached hydrogens (tertiary/aromatic N) is 1. The van der Waals surface area contributed by atoms with Gasteiger partial charge in [0, 0.05) is 17.8 Å². The Bertz CT molecular complexity index is 863. The predicted octanol–water partition coefficient (Wildman–Crippen LogP) is 9.04. The van der Waals surface area contributed by atoms with Gasteiger partial charge < -0.3 is 13.6 Å². The molecule has 0 N–H and O–H groups in total. The van der Waals surface area contributed by atoms with Crippen LogP contribution in [0.2, 0.25) is 33.2 Å². The van der Waals surface area contributed by atoms with Crippen LogP contribution in [0.15, 0.2) is 11.3 Å². The summed E-state index contributed by atoms with van der Waals surface area (Å²) in [6.45, 7) is 33.2. The zero-order chi connectivity index (χ0) is 30.1. The van der Waals surface area contributed by atoms with Crippen molar-refractivity contribution in [3.05, 3.63) is 11.3 Å². The Kier molecular flexibility index (Phi) is 11.2. The van der Waals surface area contributed by atoms with Crippen LogP contribution in [0.25, 0.3) is 0 Å². The maximum Gasteiger partial charge on any atom is 0.416 e. The molecule has 0 aromatic carbocycles. The zero-order valence-electron chi connectivity index (χ0n) is 27.6. The highest BCUT2D eigenvalue weighted by Crippen LogP contribution is 2.52. The van der Waals surface area contributed by atoms with Gasteiger partial charge in [0.2, 0.25) is 14.2 Å². The monoisotopic (exact) mass is 581 g/mol. The van der Waals surface area contributed by atoms with Gasteiger partial charge in [-0.25, -0.2) is 9.69 Å². The Hall–Kier alpha value is -1.13. The van der Waals surface area contributed by atoms with Crippen molar-refractivity contribution in [1.82, 2.24) is 4.90 Å². The molecular weight excluding hydrogens is 523 g/mol. The molecule has 1 atom stereocenters. The van der Waals surface area contributed by atoms with Gasteiger partial charge >= 0.3 is 6.09 Å². The molecule has 0 aromatic heterocycles. The molecule has 2 rings (SSSR count). The van der Waals surface area contributed by atoms with E-state index in [1.54, 1.807) is 0 Å². The molecule has 6 nitrogen and oxygen atoms in total. The van der Waals surface area contributed by atoms with Gasteiger partial charge in [-0.1, -0.05) is 96.9 Å². The van der Waals surface area contributed by atoms with E-state index in [1.807, 2.05) is 0 Å². The molecule has 39 heavy (non-hydrogen) atoms. The van der Waals surface area contributed by atoms with Gasteiger partial charge in [0.05, 0.1) is 18.9 Å². The minimum Gasteiger partial charge on any atom is -0.546 e. The standard InChI is InChI=1S/C31H59NO5Si2/c1-20(2)38(21(3)4,22(5)6)36-19-27-28(37-39(23(7)8,24(9)10)25(11)12)16-15-26(31(27,13)14)29(33)32-17-18-35-30(32)34/h20-26H,15-19H2,1-14H3/t26-/m0/s1. The number of hydrogen-bond acceptors (Lipinski definition) is 5. The van der Waals surface area contributed by atoms with E-state index in [0.717, 1.165) is 11.3 Å². The van der Waals surface area contributed by atoms with Crippen molar-refractivity contribution in [2.75, 3.05) is 19.8 Å². The van der Waals surface area contributed by atoms with Gasteiger partial charge in [0.15, 0.2) is 0 Å². The normalized spacial score (nSPS) is 20.9. The van der Waals surface area contributed by atoms with Gasteiger partial charge in [0.25, 0.3) is 8.32 Å². The third kappa shape index (κ3) is 6.23. The molecule has 0 aromatic rings. The predicted molar refractivity (Wildman–Crippen MR) is 166 cm³/mol. The average molecular weight is 582 g/mol. The molecule has 2 amide bonds. The van der Waals surface area contributed by atoms with Crippen molar-refractivity contribution in [2.24, 2.45) is 11.3 Å². The number of imide groups is 1. The summed E-state index contributed by atoms with van der Waals surface area (Å²) >= 11 is 0. The maximum atomic E-state index is 13.8. The van der Waals surface area contributed by atoms with Gasteiger partial charge in [-0.2, -0.15) is 0 Å². The van der Waals surface area contributed by atoms with Crippen LogP contribution in [-0.2, 0) is 18.4 Å². The molecule has 8 heteroatoms. The van der Waals surface area contributed by atoms with Crippen LogP contribution in [0, 0.1) is 11.3 Å². The minimum atomic E-state index is -2.22. The smallest absolute Gasteiger partial charge is 0.416 e. The number of carbonyl (C=O) groups is 2. The highest BCUT2D eigenvalue weighted by molar-refractivity contribution is 6.78. The molecule has 226 valence electrons. The van der Waals surface area contributed by atoms with Gasteiger partial charge in [-0.3, -0.25) is 4.79 Å². The first kappa shape index (κ1) is 34.1. The molecule has 1 aliphatic carbocycles. The quantitative estimate of drug-likeness (QED) is 0.215. The number of ether oxygens (including phenoxy) is 1. The molecule has 0 spiro atoms. The second-order valence-corrected chi connectivity index (χ2v) is 25.2. The Labute approximate surface area is 241 Å². The van der Waals surface area contributed by atoms with Crippen molar-refractivity contribution in [3.8, 4) is 0 Å². The first-order chi connectivity index (χ1) is 17.9. The van der Waals surface area contributed by atoms with Crippen LogP contribution < -0.4 is 0 Å². The van der Waals surface area contributed by atoms with Crippen molar-refractivity contribution in [1.29, 1.82) is 0 Å². The summed E-state index contributed by atoms with van der Waals surface area (Å²) in [5.74, 6) is 0.602. The third-order valence-corrected chi connectivity index (χ3v) is 22.2. The molecule has 0 saturated carbocycles. The summed E-state index contributed by atoms with van der Waals surface area (Å²) in [4.78, 5) is 27.4. The van der Waals surface area contributed by atoms with E-state index in [2.05, 4.69) is 96.9 Å². The van der Waals surface area contributed by atoms with Gasteiger partial charge in [-0.05, 0) is 45.2 Å². The highest BCUT2D eigenvalue weighted by atomic mass is 28.4. The fraction of sp³-hybridized carbons (Fsp3) is 0.871. The first-order valence-corrected chi connectivity index (χ1v) is 19.7. The summed E-state index contributed by atoms with van der Waals surface area (Å²) in [5, 5.41) is 0. The Morgan fingerprint density at radius 1 is 0.872 bits per heavy atom. The van der Waals surface area contributed by atoms with Crippen LogP contribution in [0.5, 0.6) is 0 Å². The number of hydrogen-bond donors (Lipinski definition) is 0. The van der Waals surface area contributed by atoms with E-state index in [1.165, 1.54) is 4.90 Å². The summed E-state index contributed by atoms with van der Waals surface area (Å²) in [5.41, 5.74) is 3.34. The van der Waals surface area contributed by atoms with E-state index in [9.17, 15) is 9.59 Å². The van der Waals surface area contributed by atoms with E-state index in [-0.39, 0.29) is 18.4 Å². The number of allylic oxidation sites excluding steroid dienone is 1. The molecular formula is C31H59NO5Si2. The summed E-state index contributed by atoms with van der Waals surface area (Å²) in [7, 11) is -4.38. The second kappa shape index (κ2) is 12.8. The number of amides is 2. The average Bonchev–Trinajstić information content (AvgIpc) is 3.22. The SMILES string of the molecule is CC(C)[Si](OCC1=C(O[Si](C(C)C)(C(C)C)C(C)C)CC[C@@H](C(=O)N2CCOC2=O)C1(C)C)(C(C)C)C(C)C. The van der Waals surface area contributed by atoms with Crippen LogP contribution in [-0.4, -0.2) is 53.3 Å². The first-order valence-electron chi connectivity index (χ1n) is 15.4. The molecule has 1 heterocycles. The molecule has 1 saturated heterocycles. The van der Waals surface area contributed by atoms with Crippen molar-refractivity contribution in [3.63, 3.8) is 0 Å². The van der Waals surface area contributed by atoms with Crippen LogP contribution in [0.3, 0.4) is 0 Å². The second-order valence-electron chi connectivity index (χ2n) is 14.3. The zero-order valence-corrected chi connectivity index (χ0v) is 29.6. The lowest BCUT2D eigenvalue weighted by Crippen LogP contribution is -2.52. The van der Waals surface area contributed by atoms with E-state index >= 15 is 0 Å². The fourth-order valence-corrected chi connectivity index (χ4v) is 19.0. The summed E-state index contributed by atoms with van der Waals surface area (Å²) < 4.78 is 19.7. The molecule has 0 unspecified atom stereocenters. The van der Waals surface area contributed by atoms with Gasteiger partial charge in [0.1, 0.15) is 6.61 Å². The van der Waals surface area contributed by atoms with E-state index in [0.29, 0.717) is 59.2 Å². The Balaban J connectivity index is 2.67. The molecule has 0 bridgehead atoms. The molecule has 1 aliphatic heterocycles. The summed E-state index contributed by atoms with van der Waals surface area (Å²) in [6.07, 6.45) is 0.840. The van der Waals surface area contributed by atoms with Gasteiger partial charge in [-0.15, -0.1) is 0 Å². The number of carbonyl (C=O) groups excluding carboxylic acids is 2. The van der Waals surface area contributed by atoms with E-state index in [4.69, 9.17) is 13.6 Å². The van der Waals surface area contributed by atoms with Crippen LogP contribution >= 0.6 is 0 Å². The number of cyclic esters (lactones) is 1. The maximum absolute atomic E-state index is 13.8. The molecule has 0 radical (unpaired) electrons. The van der Waals surface area contributed by atoms with Crippen molar-refractivity contribution in [2.45, 2.75) is 143 Å². The highest BCUT2D eigenvalue weighted by Gasteiger charge is 2.52. The Morgan fingerprint density at radius 2 is 1.33 bits per heavy atom.